The Morgan fingerprint density at radius 3 is 2.65 bits per heavy atom. The quantitative estimate of drug-likeness (QED) is 0.421. The van der Waals surface area contributed by atoms with Gasteiger partial charge in [0.2, 0.25) is 5.89 Å². The van der Waals surface area contributed by atoms with Gasteiger partial charge in [-0.05, 0) is 60.2 Å². The van der Waals surface area contributed by atoms with Crippen molar-refractivity contribution in [2.75, 3.05) is 11.9 Å². The van der Waals surface area contributed by atoms with E-state index in [1.54, 1.807) is 0 Å². The van der Waals surface area contributed by atoms with E-state index in [4.69, 9.17) is 9.40 Å². The maximum Gasteiger partial charge on any atom is 0.322 e. The van der Waals surface area contributed by atoms with E-state index in [9.17, 15) is 4.79 Å². The second-order valence-electron chi connectivity index (χ2n) is 7.93. The molecule has 1 aliphatic rings. The number of oxazole rings is 1. The molecule has 31 heavy (non-hydrogen) atoms. The molecule has 2 heterocycles. The largest absolute Gasteiger partial charge is 0.438 e. The third-order valence-electron chi connectivity index (χ3n) is 5.92. The molecule has 1 saturated heterocycles. The summed E-state index contributed by atoms with van der Waals surface area (Å²) in [6.07, 6.45) is 2.76. The average Bonchev–Trinajstić information content (AvgIpc) is 3.46. The molecule has 4 aromatic rings. The maximum absolute atomic E-state index is 13.0. The van der Waals surface area contributed by atoms with Crippen molar-refractivity contribution in [1.82, 2.24) is 9.88 Å². The number of carbonyl (C=O) groups excluding carboxylic acids is 1. The molecule has 1 aliphatic heterocycles. The van der Waals surface area contributed by atoms with Gasteiger partial charge in [-0.25, -0.2) is 9.78 Å². The molecule has 1 aromatic heterocycles. The van der Waals surface area contributed by atoms with Gasteiger partial charge in [-0.15, -0.1) is 0 Å². The molecule has 0 spiro atoms. The number of hydrogen-bond acceptors (Lipinski definition) is 3. The molecule has 1 fully saturated rings. The highest BCUT2D eigenvalue weighted by Crippen LogP contribution is 2.34. The van der Waals surface area contributed by atoms with Crippen LogP contribution >= 0.6 is 0 Å². The fourth-order valence-electron chi connectivity index (χ4n) is 4.18. The summed E-state index contributed by atoms with van der Waals surface area (Å²) in [5, 5.41) is 3.02. The second kappa shape index (κ2) is 8.26. The van der Waals surface area contributed by atoms with Crippen LogP contribution in [0.25, 0.3) is 22.2 Å². The molecular weight excluding hydrogens is 386 g/mol. The summed E-state index contributed by atoms with van der Waals surface area (Å²) < 4.78 is 6.07. The number of amides is 2. The van der Waals surface area contributed by atoms with Crippen LogP contribution in [0.2, 0.25) is 0 Å². The van der Waals surface area contributed by atoms with Gasteiger partial charge in [-0.2, -0.15) is 0 Å². The maximum atomic E-state index is 13.0. The molecule has 0 aliphatic carbocycles. The van der Waals surface area contributed by atoms with Crippen LogP contribution in [0.15, 0.2) is 77.2 Å². The molecular formula is C26H25N3O2. The van der Waals surface area contributed by atoms with Gasteiger partial charge in [0.05, 0.1) is 0 Å². The minimum Gasteiger partial charge on any atom is -0.438 e. The molecule has 5 rings (SSSR count). The van der Waals surface area contributed by atoms with Crippen molar-refractivity contribution in [2.24, 2.45) is 0 Å². The highest BCUT2D eigenvalue weighted by Gasteiger charge is 2.33. The molecule has 0 radical (unpaired) electrons. The lowest BCUT2D eigenvalue weighted by Crippen LogP contribution is -2.34. The first-order valence-electron chi connectivity index (χ1n) is 10.8. The Balaban J connectivity index is 1.37. The molecule has 2 amide bonds. The number of carbonyl (C=O) groups is 1. The third-order valence-corrected chi connectivity index (χ3v) is 5.92. The third kappa shape index (κ3) is 3.91. The fourth-order valence-corrected chi connectivity index (χ4v) is 4.18. The first-order chi connectivity index (χ1) is 15.2. The van der Waals surface area contributed by atoms with Crippen LogP contribution in [-0.2, 0) is 6.42 Å². The molecule has 0 saturated carbocycles. The minimum absolute atomic E-state index is 0.112. The molecule has 3 aromatic carbocycles. The SMILES string of the molecule is CCc1ccc(NC(=O)N2CCC[C@H]2c2nc3cc(-c4ccccc4)ccc3o2)cc1. The summed E-state index contributed by atoms with van der Waals surface area (Å²) >= 11 is 0. The normalized spacial score (nSPS) is 16.0. The molecule has 0 bridgehead atoms. The zero-order valence-electron chi connectivity index (χ0n) is 17.5. The van der Waals surface area contributed by atoms with Crippen LogP contribution in [0.1, 0.15) is 37.3 Å². The Morgan fingerprint density at radius 1 is 1.06 bits per heavy atom. The first-order valence-corrected chi connectivity index (χ1v) is 10.8. The number of hydrogen-bond donors (Lipinski definition) is 1. The summed E-state index contributed by atoms with van der Waals surface area (Å²) in [4.78, 5) is 19.5. The number of anilines is 1. The molecule has 5 heteroatoms. The van der Waals surface area contributed by atoms with Crippen molar-refractivity contribution < 1.29 is 9.21 Å². The summed E-state index contributed by atoms with van der Waals surface area (Å²) in [6, 6.07) is 24.0. The van der Waals surface area contributed by atoms with E-state index in [1.807, 2.05) is 65.6 Å². The standard InChI is InChI=1S/C26H25N3O2/c1-2-18-10-13-21(14-11-18)27-26(30)29-16-6-9-23(29)25-28-22-17-20(12-15-24(22)31-25)19-7-4-3-5-8-19/h3-5,7-8,10-15,17,23H,2,6,9,16H2,1H3,(H,27,30)/t23-/m0/s1. The number of rotatable bonds is 4. The van der Waals surface area contributed by atoms with E-state index in [0.29, 0.717) is 12.4 Å². The fraction of sp³-hybridized carbons (Fsp3) is 0.231. The highest BCUT2D eigenvalue weighted by molar-refractivity contribution is 5.90. The van der Waals surface area contributed by atoms with E-state index in [-0.39, 0.29) is 12.1 Å². The summed E-state index contributed by atoms with van der Waals surface area (Å²) in [5.41, 5.74) is 5.86. The first kappa shape index (κ1) is 19.4. The number of benzene rings is 3. The molecule has 0 unspecified atom stereocenters. The smallest absolute Gasteiger partial charge is 0.322 e. The molecule has 5 nitrogen and oxygen atoms in total. The number of aromatic nitrogens is 1. The lowest BCUT2D eigenvalue weighted by Gasteiger charge is -2.22. The van der Waals surface area contributed by atoms with Gasteiger partial charge in [0.15, 0.2) is 5.58 Å². The van der Waals surface area contributed by atoms with E-state index >= 15 is 0 Å². The number of nitrogens with zero attached hydrogens (tertiary/aromatic N) is 2. The Labute approximate surface area is 181 Å². The summed E-state index contributed by atoms with van der Waals surface area (Å²) in [7, 11) is 0. The lowest BCUT2D eigenvalue weighted by molar-refractivity contribution is 0.199. The topological polar surface area (TPSA) is 58.4 Å². The Bertz CT molecular complexity index is 1200. The molecule has 156 valence electrons. The van der Waals surface area contributed by atoms with Gasteiger partial charge < -0.3 is 14.6 Å². The van der Waals surface area contributed by atoms with Crippen molar-refractivity contribution in [2.45, 2.75) is 32.2 Å². The van der Waals surface area contributed by atoms with Crippen LogP contribution in [0.4, 0.5) is 10.5 Å². The monoisotopic (exact) mass is 411 g/mol. The Kier molecular flexibility index (Phi) is 5.16. The Hall–Kier alpha value is -3.60. The van der Waals surface area contributed by atoms with Crippen LogP contribution in [0, 0.1) is 0 Å². The number of urea groups is 1. The van der Waals surface area contributed by atoms with Gasteiger partial charge in [-0.3, -0.25) is 0 Å². The van der Waals surface area contributed by atoms with Gasteiger partial charge in [0.25, 0.3) is 0 Å². The van der Waals surface area contributed by atoms with Crippen LogP contribution < -0.4 is 5.32 Å². The highest BCUT2D eigenvalue weighted by atomic mass is 16.4. The van der Waals surface area contributed by atoms with Crippen LogP contribution in [0.3, 0.4) is 0 Å². The van der Waals surface area contributed by atoms with Gasteiger partial charge in [0, 0.05) is 12.2 Å². The van der Waals surface area contributed by atoms with E-state index < -0.39 is 0 Å². The van der Waals surface area contributed by atoms with E-state index in [1.165, 1.54) is 5.56 Å². The van der Waals surface area contributed by atoms with Gasteiger partial charge in [0.1, 0.15) is 11.6 Å². The van der Waals surface area contributed by atoms with Crippen LogP contribution in [0.5, 0.6) is 0 Å². The van der Waals surface area contributed by atoms with E-state index in [2.05, 4.69) is 24.4 Å². The lowest BCUT2D eigenvalue weighted by atomic mass is 10.1. The summed E-state index contributed by atoms with van der Waals surface area (Å²) in [6.45, 7) is 2.81. The van der Waals surface area contributed by atoms with Crippen molar-refractivity contribution in [3.8, 4) is 11.1 Å². The predicted molar refractivity (Wildman–Crippen MR) is 123 cm³/mol. The number of nitrogens with one attached hydrogen (secondary N) is 1. The van der Waals surface area contributed by atoms with Crippen molar-refractivity contribution in [3.05, 3.63) is 84.3 Å². The molecule has 1 N–H and O–H groups in total. The number of aryl methyl sites for hydroxylation is 1. The van der Waals surface area contributed by atoms with Crippen molar-refractivity contribution in [3.63, 3.8) is 0 Å². The minimum atomic E-state index is -0.150. The number of likely N-dealkylation sites (tertiary alicyclic amines) is 1. The van der Waals surface area contributed by atoms with Crippen molar-refractivity contribution in [1.29, 1.82) is 0 Å². The van der Waals surface area contributed by atoms with Gasteiger partial charge >= 0.3 is 6.03 Å². The Morgan fingerprint density at radius 2 is 1.87 bits per heavy atom. The predicted octanol–water partition coefficient (Wildman–Crippen LogP) is 6.43. The molecule has 1 atom stereocenters. The van der Waals surface area contributed by atoms with Gasteiger partial charge in [-0.1, -0.05) is 55.5 Å². The second-order valence-corrected chi connectivity index (χ2v) is 7.93. The zero-order chi connectivity index (χ0) is 21.2. The average molecular weight is 412 g/mol. The number of fused-ring (bicyclic) bond motifs is 1. The van der Waals surface area contributed by atoms with E-state index in [0.717, 1.165) is 47.2 Å². The van der Waals surface area contributed by atoms with Crippen LogP contribution in [-0.4, -0.2) is 22.5 Å². The zero-order valence-corrected chi connectivity index (χ0v) is 17.5. The summed E-state index contributed by atoms with van der Waals surface area (Å²) in [5.74, 6) is 0.606. The van der Waals surface area contributed by atoms with Crippen molar-refractivity contribution >= 4 is 22.8 Å².